The van der Waals surface area contributed by atoms with Crippen LogP contribution >= 0.6 is 0 Å². The Kier molecular flexibility index (Phi) is 5.57. The Hall–Kier alpha value is -2.31. The fraction of sp³-hybridized carbons (Fsp3) is 0.533. The minimum Gasteiger partial charge on any atom is -0.444 e. The van der Waals surface area contributed by atoms with Crippen LogP contribution in [-0.4, -0.2) is 33.8 Å². The number of aryl methyl sites for hydroxylation is 3. The predicted octanol–water partition coefficient (Wildman–Crippen LogP) is 1.32. The second-order valence-electron chi connectivity index (χ2n) is 5.14. The average Bonchev–Trinajstić information content (AvgIpc) is 3.03. The molecule has 0 aliphatic carbocycles. The molecule has 2 N–H and O–H groups in total. The van der Waals surface area contributed by atoms with Gasteiger partial charge < -0.3 is 15.1 Å². The van der Waals surface area contributed by atoms with Crippen molar-refractivity contribution in [2.45, 2.75) is 33.7 Å². The molecule has 0 saturated carbocycles. The van der Waals surface area contributed by atoms with Crippen LogP contribution in [0.5, 0.6) is 0 Å². The van der Waals surface area contributed by atoms with Crippen molar-refractivity contribution in [2.24, 2.45) is 12.0 Å². The maximum Gasteiger partial charge on any atom is 0.216 e. The topological polar surface area (TPSA) is 80.3 Å². The first kappa shape index (κ1) is 16.1. The molecule has 0 spiro atoms. The van der Waals surface area contributed by atoms with Crippen LogP contribution in [0.25, 0.3) is 0 Å². The monoisotopic (exact) mass is 304 g/mol. The van der Waals surface area contributed by atoms with Gasteiger partial charge in [-0.2, -0.15) is 5.10 Å². The quantitative estimate of drug-likeness (QED) is 0.621. The fourth-order valence-corrected chi connectivity index (χ4v) is 2.02. The van der Waals surface area contributed by atoms with E-state index in [1.54, 1.807) is 0 Å². The first-order chi connectivity index (χ1) is 10.6. The van der Waals surface area contributed by atoms with Gasteiger partial charge in [0.05, 0.1) is 11.9 Å². The van der Waals surface area contributed by atoms with Crippen molar-refractivity contribution in [3.63, 3.8) is 0 Å². The number of guanidine groups is 1. The Morgan fingerprint density at radius 1 is 1.36 bits per heavy atom. The Labute approximate surface area is 130 Å². The van der Waals surface area contributed by atoms with Crippen molar-refractivity contribution in [3.05, 3.63) is 35.3 Å². The molecule has 2 aromatic rings. The number of hydrogen-bond acceptors (Lipinski definition) is 4. The Morgan fingerprint density at radius 2 is 2.18 bits per heavy atom. The molecule has 2 aromatic heterocycles. The van der Waals surface area contributed by atoms with Crippen LogP contribution in [0.4, 0.5) is 0 Å². The molecule has 0 bridgehead atoms. The zero-order valence-electron chi connectivity index (χ0n) is 13.7. The minimum absolute atomic E-state index is 0.427. The van der Waals surface area contributed by atoms with E-state index in [-0.39, 0.29) is 0 Å². The molecule has 2 heterocycles. The highest BCUT2D eigenvalue weighted by atomic mass is 16.4. The van der Waals surface area contributed by atoms with Crippen LogP contribution in [0.2, 0.25) is 0 Å². The SMILES string of the molecule is CCNC(=NCc1nc(C)c(C)o1)NCCc1cnn(C)c1. The molecule has 0 aliphatic heterocycles. The normalized spacial score (nSPS) is 11.7. The molecule has 0 aliphatic rings. The van der Waals surface area contributed by atoms with E-state index in [1.165, 1.54) is 5.56 Å². The van der Waals surface area contributed by atoms with Gasteiger partial charge in [0.15, 0.2) is 5.96 Å². The summed E-state index contributed by atoms with van der Waals surface area (Å²) in [6.45, 7) is 7.91. The Balaban J connectivity index is 1.86. The largest absolute Gasteiger partial charge is 0.444 e. The summed E-state index contributed by atoms with van der Waals surface area (Å²) in [5.41, 5.74) is 2.12. The first-order valence-corrected chi connectivity index (χ1v) is 7.51. The highest BCUT2D eigenvalue weighted by molar-refractivity contribution is 5.79. The maximum absolute atomic E-state index is 5.53. The number of aliphatic imine (C=N–C) groups is 1. The molecule has 0 saturated heterocycles. The van der Waals surface area contributed by atoms with Crippen LogP contribution in [0.3, 0.4) is 0 Å². The number of hydrogen-bond donors (Lipinski definition) is 2. The van der Waals surface area contributed by atoms with Crippen molar-refractivity contribution in [1.82, 2.24) is 25.4 Å². The standard InChI is InChI=1S/C15H24N6O/c1-5-16-15(17-7-6-13-8-19-21(4)10-13)18-9-14-20-11(2)12(3)22-14/h8,10H,5-7,9H2,1-4H3,(H2,16,17,18). The summed E-state index contributed by atoms with van der Waals surface area (Å²) in [5.74, 6) is 2.25. The van der Waals surface area contributed by atoms with E-state index in [9.17, 15) is 0 Å². The summed E-state index contributed by atoms with van der Waals surface area (Å²) in [6, 6.07) is 0. The van der Waals surface area contributed by atoms with Gasteiger partial charge in [0.1, 0.15) is 12.3 Å². The first-order valence-electron chi connectivity index (χ1n) is 7.51. The highest BCUT2D eigenvalue weighted by Crippen LogP contribution is 2.08. The molecule has 0 aromatic carbocycles. The van der Waals surface area contributed by atoms with Crippen LogP contribution in [0.1, 0.15) is 29.8 Å². The summed E-state index contributed by atoms with van der Waals surface area (Å²) in [6.07, 6.45) is 4.80. The lowest BCUT2D eigenvalue weighted by molar-refractivity contribution is 0.473. The van der Waals surface area contributed by atoms with E-state index >= 15 is 0 Å². The van der Waals surface area contributed by atoms with E-state index in [1.807, 2.05) is 44.9 Å². The molecule has 0 amide bonds. The summed E-state index contributed by atoms with van der Waals surface area (Å²) < 4.78 is 7.34. The smallest absolute Gasteiger partial charge is 0.216 e. The summed E-state index contributed by atoms with van der Waals surface area (Å²) in [5, 5.41) is 10.7. The zero-order valence-corrected chi connectivity index (χ0v) is 13.7. The number of rotatable bonds is 6. The summed E-state index contributed by atoms with van der Waals surface area (Å²) in [7, 11) is 1.92. The summed E-state index contributed by atoms with van der Waals surface area (Å²) in [4.78, 5) is 8.82. The molecule has 7 nitrogen and oxygen atoms in total. The zero-order chi connectivity index (χ0) is 15.9. The molecule has 7 heteroatoms. The van der Waals surface area contributed by atoms with Gasteiger partial charge in [-0.25, -0.2) is 9.98 Å². The van der Waals surface area contributed by atoms with Crippen LogP contribution in [0.15, 0.2) is 21.8 Å². The lowest BCUT2D eigenvalue weighted by Gasteiger charge is -2.10. The molecule has 120 valence electrons. The lowest BCUT2D eigenvalue weighted by atomic mass is 10.2. The number of oxazole rings is 1. The van der Waals surface area contributed by atoms with E-state index < -0.39 is 0 Å². The van der Waals surface area contributed by atoms with Gasteiger partial charge >= 0.3 is 0 Å². The Bertz CT molecular complexity index is 608. The van der Waals surface area contributed by atoms with E-state index in [4.69, 9.17) is 4.42 Å². The van der Waals surface area contributed by atoms with E-state index in [2.05, 4.69) is 25.7 Å². The van der Waals surface area contributed by atoms with Gasteiger partial charge in [-0.1, -0.05) is 0 Å². The predicted molar refractivity (Wildman–Crippen MR) is 85.7 cm³/mol. The van der Waals surface area contributed by atoms with Crippen molar-refractivity contribution >= 4 is 5.96 Å². The van der Waals surface area contributed by atoms with Crippen LogP contribution < -0.4 is 10.6 Å². The minimum atomic E-state index is 0.427. The maximum atomic E-state index is 5.53. The molecule has 0 atom stereocenters. The average molecular weight is 304 g/mol. The molecular formula is C15H24N6O. The van der Waals surface area contributed by atoms with Crippen molar-refractivity contribution < 1.29 is 4.42 Å². The van der Waals surface area contributed by atoms with Crippen LogP contribution in [0, 0.1) is 13.8 Å². The number of nitrogens with zero attached hydrogens (tertiary/aromatic N) is 4. The third kappa shape index (κ3) is 4.61. The fourth-order valence-electron chi connectivity index (χ4n) is 2.02. The third-order valence-electron chi connectivity index (χ3n) is 3.25. The third-order valence-corrected chi connectivity index (χ3v) is 3.25. The van der Waals surface area contributed by atoms with Gasteiger partial charge in [0, 0.05) is 26.3 Å². The van der Waals surface area contributed by atoms with Gasteiger partial charge in [-0.05, 0) is 32.8 Å². The molecule has 0 radical (unpaired) electrons. The van der Waals surface area contributed by atoms with E-state index in [0.29, 0.717) is 12.4 Å². The number of nitrogens with one attached hydrogen (secondary N) is 2. The molecular weight excluding hydrogens is 280 g/mol. The van der Waals surface area contributed by atoms with Gasteiger partial charge in [0.2, 0.25) is 5.89 Å². The highest BCUT2D eigenvalue weighted by Gasteiger charge is 2.05. The Morgan fingerprint density at radius 3 is 2.77 bits per heavy atom. The van der Waals surface area contributed by atoms with Crippen molar-refractivity contribution in [2.75, 3.05) is 13.1 Å². The van der Waals surface area contributed by atoms with Crippen molar-refractivity contribution in [3.8, 4) is 0 Å². The lowest BCUT2D eigenvalue weighted by Crippen LogP contribution is -2.38. The second kappa shape index (κ2) is 7.63. The van der Waals surface area contributed by atoms with Gasteiger partial charge in [-0.15, -0.1) is 0 Å². The van der Waals surface area contributed by atoms with Crippen LogP contribution in [-0.2, 0) is 20.0 Å². The van der Waals surface area contributed by atoms with Crippen molar-refractivity contribution in [1.29, 1.82) is 0 Å². The molecule has 2 rings (SSSR count). The molecule has 22 heavy (non-hydrogen) atoms. The second-order valence-corrected chi connectivity index (χ2v) is 5.14. The number of aromatic nitrogens is 3. The molecule has 0 unspecified atom stereocenters. The van der Waals surface area contributed by atoms with Gasteiger partial charge in [-0.3, -0.25) is 4.68 Å². The van der Waals surface area contributed by atoms with E-state index in [0.717, 1.165) is 36.9 Å². The summed E-state index contributed by atoms with van der Waals surface area (Å²) >= 11 is 0. The molecule has 0 fully saturated rings. The van der Waals surface area contributed by atoms with Gasteiger partial charge in [0.25, 0.3) is 0 Å².